The van der Waals surface area contributed by atoms with Gasteiger partial charge in [-0.15, -0.1) is 0 Å². The van der Waals surface area contributed by atoms with E-state index < -0.39 is 0 Å². The summed E-state index contributed by atoms with van der Waals surface area (Å²) in [4.78, 5) is 5.12. The summed E-state index contributed by atoms with van der Waals surface area (Å²) in [7, 11) is 0. The lowest BCUT2D eigenvalue weighted by Gasteiger charge is -2.35. The van der Waals surface area contributed by atoms with Crippen LogP contribution in [0.5, 0.6) is 0 Å². The van der Waals surface area contributed by atoms with Crippen LogP contribution in [0, 0.1) is 0 Å². The van der Waals surface area contributed by atoms with E-state index in [9.17, 15) is 0 Å². The lowest BCUT2D eigenvalue weighted by atomic mass is 10.1. The fourth-order valence-electron chi connectivity index (χ4n) is 2.46. The summed E-state index contributed by atoms with van der Waals surface area (Å²) in [6.07, 6.45) is 7.95. The summed E-state index contributed by atoms with van der Waals surface area (Å²) < 4.78 is 0. The molecule has 0 spiro atoms. The standard InChI is InChI=1S/C12H22N2/c1-2-13-10-6-12(7-11-13)14-8-4-3-5-9-14/h6H,2-5,7-11H2,1H3. The van der Waals surface area contributed by atoms with Crippen molar-refractivity contribution in [2.75, 3.05) is 32.7 Å². The highest BCUT2D eigenvalue weighted by Gasteiger charge is 2.16. The number of likely N-dealkylation sites (tertiary alicyclic amines) is 1. The molecule has 0 N–H and O–H groups in total. The van der Waals surface area contributed by atoms with Gasteiger partial charge in [0.05, 0.1) is 0 Å². The van der Waals surface area contributed by atoms with Crippen LogP contribution >= 0.6 is 0 Å². The SMILES string of the molecule is CCN1CC=C(N2CCCCC2)CC1. The molecule has 1 saturated heterocycles. The smallest absolute Gasteiger partial charge is 0.0183 e. The number of hydrogen-bond acceptors (Lipinski definition) is 2. The van der Waals surface area contributed by atoms with Crippen LogP contribution in [0.15, 0.2) is 11.8 Å². The van der Waals surface area contributed by atoms with E-state index in [1.165, 1.54) is 58.4 Å². The molecule has 0 saturated carbocycles. The Balaban J connectivity index is 1.88. The topological polar surface area (TPSA) is 6.48 Å². The number of likely N-dealkylation sites (N-methyl/N-ethyl adjacent to an activating group) is 1. The Morgan fingerprint density at radius 2 is 1.93 bits per heavy atom. The molecule has 0 aromatic carbocycles. The van der Waals surface area contributed by atoms with Gasteiger partial charge in [0.1, 0.15) is 0 Å². The van der Waals surface area contributed by atoms with Crippen LogP contribution in [0.25, 0.3) is 0 Å². The van der Waals surface area contributed by atoms with Crippen molar-refractivity contribution in [1.29, 1.82) is 0 Å². The lowest BCUT2D eigenvalue weighted by molar-refractivity contribution is 0.238. The maximum Gasteiger partial charge on any atom is 0.0183 e. The molecule has 0 atom stereocenters. The highest BCUT2D eigenvalue weighted by Crippen LogP contribution is 2.19. The number of nitrogens with zero attached hydrogens (tertiary/aromatic N) is 2. The van der Waals surface area contributed by atoms with Crippen LogP contribution in [0.2, 0.25) is 0 Å². The second kappa shape index (κ2) is 4.83. The van der Waals surface area contributed by atoms with Gasteiger partial charge in [0, 0.05) is 31.9 Å². The van der Waals surface area contributed by atoms with Crippen LogP contribution in [-0.4, -0.2) is 42.5 Å². The predicted octanol–water partition coefficient (Wildman–Crippen LogP) is 2.08. The molecule has 1 fully saturated rings. The molecule has 0 unspecified atom stereocenters. The van der Waals surface area contributed by atoms with Crippen molar-refractivity contribution in [3.63, 3.8) is 0 Å². The Kier molecular flexibility index (Phi) is 3.46. The Morgan fingerprint density at radius 1 is 1.14 bits per heavy atom. The van der Waals surface area contributed by atoms with Gasteiger partial charge in [-0.05, 0) is 32.2 Å². The highest BCUT2D eigenvalue weighted by molar-refractivity contribution is 5.07. The Morgan fingerprint density at radius 3 is 2.50 bits per heavy atom. The normalized spacial score (nSPS) is 24.9. The molecule has 0 bridgehead atoms. The second-order valence-corrected chi connectivity index (χ2v) is 4.39. The zero-order valence-corrected chi connectivity index (χ0v) is 9.34. The fraction of sp³-hybridized carbons (Fsp3) is 0.833. The molecule has 2 aliphatic heterocycles. The molecule has 0 aliphatic carbocycles. The Hall–Kier alpha value is -0.500. The average molecular weight is 194 g/mol. The Labute approximate surface area is 87.6 Å². The fourth-order valence-corrected chi connectivity index (χ4v) is 2.46. The first-order valence-corrected chi connectivity index (χ1v) is 6.06. The van der Waals surface area contributed by atoms with Gasteiger partial charge in [-0.25, -0.2) is 0 Å². The molecule has 0 amide bonds. The zero-order valence-electron chi connectivity index (χ0n) is 9.34. The van der Waals surface area contributed by atoms with Crippen LogP contribution < -0.4 is 0 Å². The monoisotopic (exact) mass is 194 g/mol. The molecular formula is C12H22N2. The van der Waals surface area contributed by atoms with Gasteiger partial charge in [-0.2, -0.15) is 0 Å². The van der Waals surface area contributed by atoms with Crippen molar-refractivity contribution in [2.24, 2.45) is 0 Å². The quantitative estimate of drug-likeness (QED) is 0.664. The van der Waals surface area contributed by atoms with Crippen molar-refractivity contribution in [1.82, 2.24) is 9.80 Å². The average Bonchev–Trinajstić information content (AvgIpc) is 2.30. The molecule has 0 radical (unpaired) electrons. The van der Waals surface area contributed by atoms with Gasteiger partial charge in [0.15, 0.2) is 0 Å². The minimum atomic E-state index is 1.17. The number of rotatable bonds is 2. The van der Waals surface area contributed by atoms with Crippen molar-refractivity contribution < 1.29 is 0 Å². The molecule has 2 rings (SSSR count). The maximum atomic E-state index is 2.61. The van der Waals surface area contributed by atoms with Crippen LogP contribution in [0.3, 0.4) is 0 Å². The van der Waals surface area contributed by atoms with E-state index in [2.05, 4.69) is 22.8 Å². The molecule has 0 aromatic rings. The van der Waals surface area contributed by atoms with Gasteiger partial charge in [0.2, 0.25) is 0 Å². The summed E-state index contributed by atoms with van der Waals surface area (Å²) in [6.45, 7) is 8.49. The molecule has 0 aromatic heterocycles. The van der Waals surface area contributed by atoms with Gasteiger partial charge in [0.25, 0.3) is 0 Å². The van der Waals surface area contributed by atoms with Crippen LogP contribution in [-0.2, 0) is 0 Å². The molecule has 80 valence electrons. The number of hydrogen-bond donors (Lipinski definition) is 0. The molecule has 2 heterocycles. The van der Waals surface area contributed by atoms with Gasteiger partial charge >= 0.3 is 0 Å². The number of piperidine rings is 1. The minimum Gasteiger partial charge on any atom is -0.375 e. The summed E-state index contributed by atoms with van der Waals surface area (Å²) in [5.41, 5.74) is 1.62. The van der Waals surface area contributed by atoms with Gasteiger partial charge in [-0.3, -0.25) is 4.90 Å². The van der Waals surface area contributed by atoms with Crippen molar-refractivity contribution in [3.05, 3.63) is 11.8 Å². The van der Waals surface area contributed by atoms with E-state index in [1.807, 2.05) is 0 Å². The first kappa shape index (κ1) is 10.0. The van der Waals surface area contributed by atoms with E-state index in [0.29, 0.717) is 0 Å². The lowest BCUT2D eigenvalue weighted by Crippen LogP contribution is -2.36. The second-order valence-electron chi connectivity index (χ2n) is 4.39. The highest BCUT2D eigenvalue weighted by atomic mass is 15.2. The van der Waals surface area contributed by atoms with Gasteiger partial charge < -0.3 is 4.90 Å². The Bertz CT molecular complexity index is 204. The molecule has 14 heavy (non-hydrogen) atoms. The van der Waals surface area contributed by atoms with Crippen molar-refractivity contribution in [2.45, 2.75) is 32.6 Å². The third-order valence-electron chi connectivity index (χ3n) is 3.48. The maximum absolute atomic E-state index is 2.61. The summed E-state index contributed by atoms with van der Waals surface area (Å²) >= 11 is 0. The zero-order chi connectivity index (χ0) is 9.80. The van der Waals surface area contributed by atoms with Gasteiger partial charge in [-0.1, -0.05) is 13.0 Å². The van der Waals surface area contributed by atoms with E-state index in [1.54, 1.807) is 5.70 Å². The van der Waals surface area contributed by atoms with E-state index in [-0.39, 0.29) is 0 Å². The van der Waals surface area contributed by atoms with Crippen LogP contribution in [0.1, 0.15) is 32.6 Å². The predicted molar refractivity (Wildman–Crippen MR) is 60.2 cm³/mol. The molecule has 2 heteroatoms. The van der Waals surface area contributed by atoms with E-state index in [0.717, 1.165) is 0 Å². The van der Waals surface area contributed by atoms with Crippen molar-refractivity contribution >= 4 is 0 Å². The third kappa shape index (κ3) is 2.30. The summed E-state index contributed by atoms with van der Waals surface area (Å²) in [6, 6.07) is 0. The first-order valence-electron chi connectivity index (χ1n) is 6.06. The molecule has 2 nitrogen and oxygen atoms in total. The van der Waals surface area contributed by atoms with E-state index in [4.69, 9.17) is 0 Å². The minimum absolute atomic E-state index is 1.17. The molecule has 2 aliphatic rings. The third-order valence-corrected chi connectivity index (χ3v) is 3.48. The first-order chi connectivity index (χ1) is 6.90. The largest absolute Gasteiger partial charge is 0.375 e. The summed E-state index contributed by atoms with van der Waals surface area (Å²) in [5.74, 6) is 0. The summed E-state index contributed by atoms with van der Waals surface area (Å²) in [5, 5.41) is 0. The molecular weight excluding hydrogens is 172 g/mol. The van der Waals surface area contributed by atoms with Crippen molar-refractivity contribution in [3.8, 4) is 0 Å². The van der Waals surface area contributed by atoms with E-state index >= 15 is 0 Å². The van der Waals surface area contributed by atoms with Crippen LogP contribution in [0.4, 0.5) is 0 Å².